The van der Waals surface area contributed by atoms with Gasteiger partial charge in [0.2, 0.25) is 0 Å². The minimum absolute atomic E-state index is 0.0446. The van der Waals surface area contributed by atoms with Gasteiger partial charge in [-0.2, -0.15) is 13.2 Å². The number of benzene rings is 2. The first-order chi connectivity index (χ1) is 17.2. The highest BCUT2D eigenvalue weighted by Crippen LogP contribution is 2.37. The van der Waals surface area contributed by atoms with Gasteiger partial charge in [0.25, 0.3) is 0 Å². The van der Waals surface area contributed by atoms with Crippen LogP contribution in [-0.2, 0) is 36.4 Å². The molecule has 0 aliphatic heterocycles. The number of ether oxygens (including phenoxy) is 1. The Morgan fingerprint density at radius 1 is 1.05 bits per heavy atom. The fraction of sp³-hybridized carbons (Fsp3) is 0.480. The van der Waals surface area contributed by atoms with E-state index in [1.165, 1.54) is 6.07 Å². The predicted octanol–water partition coefficient (Wildman–Crippen LogP) is 5.28. The number of carbonyl (C=O) groups excluding carboxylic acids is 1. The van der Waals surface area contributed by atoms with Crippen LogP contribution in [0.5, 0.6) is 5.75 Å². The van der Waals surface area contributed by atoms with Gasteiger partial charge in [-0.25, -0.2) is 0 Å². The maximum atomic E-state index is 13.1. The lowest BCUT2D eigenvalue weighted by molar-refractivity contribution is -0.143. The molecule has 1 N–H and O–H groups in total. The number of fused-ring (bicyclic) bond motifs is 1. The Bertz CT molecular complexity index is 1270. The van der Waals surface area contributed by atoms with E-state index in [1.54, 1.807) is 26.4 Å². The van der Waals surface area contributed by atoms with Crippen molar-refractivity contribution in [2.45, 2.75) is 57.8 Å². The first kappa shape index (κ1) is 28.6. The number of rotatable bonds is 9. The number of hydrogen-bond donors (Lipinski definition) is 1. The zero-order valence-corrected chi connectivity index (χ0v) is 22.8. The van der Waals surface area contributed by atoms with Gasteiger partial charge < -0.3 is 18.7 Å². The first-order valence-electron chi connectivity index (χ1n) is 11.7. The van der Waals surface area contributed by atoms with Crippen molar-refractivity contribution in [3.05, 3.63) is 47.0 Å². The molecule has 202 valence electrons. The SMILES string of the molecule is CO[Si](C)(CCOC(=O)CCc1cc(-n2nc3ccc(C(F)(F)F)cc3n2)c(O)c(C(C)(C)C)c1)OC. The van der Waals surface area contributed by atoms with Crippen molar-refractivity contribution in [1.29, 1.82) is 0 Å². The molecule has 0 aliphatic rings. The van der Waals surface area contributed by atoms with Crippen molar-refractivity contribution in [3.8, 4) is 11.4 Å². The first-order valence-corrected chi connectivity index (χ1v) is 14.3. The minimum Gasteiger partial charge on any atom is -0.505 e. The van der Waals surface area contributed by atoms with Gasteiger partial charge in [0.15, 0.2) is 0 Å². The smallest absolute Gasteiger partial charge is 0.416 e. The number of phenols is 1. The molecule has 0 radical (unpaired) electrons. The topological polar surface area (TPSA) is 95.7 Å². The van der Waals surface area contributed by atoms with Gasteiger partial charge in [0.1, 0.15) is 22.5 Å². The van der Waals surface area contributed by atoms with Crippen LogP contribution in [0, 0.1) is 0 Å². The molecule has 0 amide bonds. The summed E-state index contributed by atoms with van der Waals surface area (Å²) in [5.41, 5.74) is 0.512. The number of alkyl halides is 3. The third-order valence-corrected chi connectivity index (χ3v) is 9.02. The normalized spacial score (nSPS) is 12.8. The van der Waals surface area contributed by atoms with Crippen molar-refractivity contribution in [2.75, 3.05) is 20.8 Å². The van der Waals surface area contributed by atoms with Gasteiger partial charge in [-0.05, 0) is 48.2 Å². The zero-order chi connectivity index (χ0) is 27.6. The Labute approximate surface area is 214 Å². The Morgan fingerprint density at radius 3 is 2.30 bits per heavy atom. The van der Waals surface area contributed by atoms with Crippen molar-refractivity contribution in [3.63, 3.8) is 0 Å². The molecule has 1 aromatic heterocycles. The number of phenolic OH excluding ortho intramolecular Hbond substituents is 1. The third kappa shape index (κ3) is 6.87. The van der Waals surface area contributed by atoms with Crippen LogP contribution >= 0.6 is 0 Å². The van der Waals surface area contributed by atoms with Crippen LogP contribution in [0.4, 0.5) is 13.2 Å². The summed E-state index contributed by atoms with van der Waals surface area (Å²) < 4.78 is 55.5. The van der Waals surface area contributed by atoms with Crippen LogP contribution in [0.25, 0.3) is 16.7 Å². The lowest BCUT2D eigenvalue weighted by atomic mass is 9.84. The summed E-state index contributed by atoms with van der Waals surface area (Å²) in [4.78, 5) is 13.5. The maximum absolute atomic E-state index is 13.1. The Kier molecular flexibility index (Phi) is 8.35. The molecule has 0 unspecified atom stereocenters. The summed E-state index contributed by atoms with van der Waals surface area (Å²) in [6.07, 6.45) is -4.10. The van der Waals surface area contributed by atoms with E-state index < -0.39 is 31.7 Å². The zero-order valence-electron chi connectivity index (χ0n) is 21.8. The lowest BCUT2D eigenvalue weighted by Gasteiger charge is -2.23. The number of hydrogen-bond acceptors (Lipinski definition) is 7. The molecule has 0 bridgehead atoms. The molecular weight excluding hydrogens is 507 g/mol. The summed E-state index contributed by atoms with van der Waals surface area (Å²) in [5.74, 6) is -0.475. The number of esters is 1. The number of aryl methyl sites for hydroxylation is 1. The van der Waals surface area contributed by atoms with E-state index in [-0.39, 0.29) is 35.5 Å². The molecule has 3 aromatic rings. The highest BCUT2D eigenvalue weighted by atomic mass is 28.4. The van der Waals surface area contributed by atoms with Crippen molar-refractivity contribution < 1.29 is 36.7 Å². The summed E-state index contributed by atoms with van der Waals surface area (Å²) in [6, 6.07) is 7.02. The highest BCUT2D eigenvalue weighted by Gasteiger charge is 2.31. The van der Waals surface area contributed by atoms with Crippen molar-refractivity contribution >= 4 is 25.6 Å². The van der Waals surface area contributed by atoms with Crippen LogP contribution in [0.1, 0.15) is 43.9 Å². The monoisotopic (exact) mass is 539 g/mol. The molecule has 37 heavy (non-hydrogen) atoms. The number of halogens is 3. The van der Waals surface area contributed by atoms with Crippen molar-refractivity contribution in [2.24, 2.45) is 0 Å². The van der Waals surface area contributed by atoms with Crippen LogP contribution in [0.2, 0.25) is 12.6 Å². The van der Waals surface area contributed by atoms with Gasteiger partial charge in [0.05, 0.1) is 12.2 Å². The molecule has 0 saturated carbocycles. The second-order valence-electron chi connectivity index (χ2n) is 9.96. The highest BCUT2D eigenvalue weighted by molar-refractivity contribution is 6.66. The average Bonchev–Trinajstić information content (AvgIpc) is 3.25. The Balaban J connectivity index is 1.86. The standard InChI is InChI=1S/C25H32F3N3O5Si/c1-24(2,3)18-13-16(7-10-22(32)36-11-12-37(6,34-4)35-5)14-21(23(18)33)31-29-19-9-8-17(25(26,27)28)15-20(19)30-31/h8-9,13-15,33H,7,10-12H2,1-6H3. The Hall–Kier alpha value is -2.96. The molecule has 2 aromatic carbocycles. The van der Waals surface area contributed by atoms with E-state index in [2.05, 4.69) is 10.2 Å². The molecule has 12 heteroatoms. The van der Waals surface area contributed by atoms with Gasteiger partial charge in [-0.3, -0.25) is 4.79 Å². The fourth-order valence-corrected chi connectivity index (χ4v) is 4.75. The van der Waals surface area contributed by atoms with Gasteiger partial charge in [-0.15, -0.1) is 15.0 Å². The van der Waals surface area contributed by atoms with E-state index in [0.29, 0.717) is 18.0 Å². The largest absolute Gasteiger partial charge is 0.505 e. The van der Waals surface area contributed by atoms with Crippen LogP contribution in [0.15, 0.2) is 30.3 Å². The molecular formula is C25H32F3N3O5Si. The molecule has 8 nitrogen and oxygen atoms in total. The molecule has 0 aliphatic carbocycles. The fourth-order valence-electron chi connectivity index (χ4n) is 3.70. The molecule has 3 rings (SSSR count). The van der Waals surface area contributed by atoms with Crippen molar-refractivity contribution in [1.82, 2.24) is 15.0 Å². The maximum Gasteiger partial charge on any atom is 0.416 e. The summed E-state index contributed by atoms with van der Waals surface area (Å²) >= 11 is 0. The Morgan fingerprint density at radius 2 is 1.70 bits per heavy atom. The van der Waals surface area contributed by atoms with E-state index >= 15 is 0 Å². The van der Waals surface area contributed by atoms with Crippen LogP contribution in [-0.4, -0.2) is 55.5 Å². The average molecular weight is 540 g/mol. The predicted molar refractivity (Wildman–Crippen MR) is 134 cm³/mol. The minimum atomic E-state index is -4.51. The number of aromatic nitrogens is 3. The summed E-state index contributed by atoms with van der Waals surface area (Å²) in [7, 11) is 0.795. The van der Waals surface area contributed by atoms with E-state index in [1.807, 2.05) is 27.3 Å². The molecule has 0 atom stereocenters. The summed E-state index contributed by atoms with van der Waals surface area (Å²) in [5, 5.41) is 19.5. The van der Waals surface area contributed by atoms with Gasteiger partial charge in [0, 0.05) is 32.2 Å². The molecule has 0 spiro atoms. The van der Waals surface area contributed by atoms with Crippen LogP contribution < -0.4 is 0 Å². The third-order valence-electron chi connectivity index (χ3n) is 6.18. The molecule has 0 fully saturated rings. The quantitative estimate of drug-likeness (QED) is 0.292. The second kappa shape index (κ2) is 10.8. The van der Waals surface area contributed by atoms with Crippen LogP contribution in [0.3, 0.4) is 0 Å². The molecule has 0 saturated heterocycles. The second-order valence-corrected chi connectivity index (χ2v) is 13.5. The van der Waals surface area contributed by atoms with E-state index in [9.17, 15) is 23.1 Å². The molecule has 1 heterocycles. The van der Waals surface area contributed by atoms with E-state index in [0.717, 1.165) is 22.5 Å². The van der Waals surface area contributed by atoms with Gasteiger partial charge >= 0.3 is 20.7 Å². The lowest BCUT2D eigenvalue weighted by Crippen LogP contribution is -2.37. The number of carbonyl (C=O) groups is 1. The van der Waals surface area contributed by atoms with Gasteiger partial charge in [-0.1, -0.05) is 26.8 Å². The number of nitrogens with zero attached hydrogens (tertiary/aromatic N) is 3. The summed E-state index contributed by atoms with van der Waals surface area (Å²) in [6.45, 7) is 7.81. The van der Waals surface area contributed by atoms with E-state index in [4.69, 9.17) is 13.6 Å². The number of aromatic hydroxyl groups is 1.